The fourth-order valence-corrected chi connectivity index (χ4v) is 1.62. The Labute approximate surface area is 103 Å². The molecule has 2 heterocycles. The zero-order valence-electron chi connectivity index (χ0n) is 9.75. The maximum Gasteiger partial charge on any atom is 0.293 e. The number of furan rings is 1. The third kappa shape index (κ3) is 1.75. The Bertz CT molecular complexity index is 671. The van der Waals surface area contributed by atoms with Crippen LogP contribution >= 0.6 is 0 Å². The van der Waals surface area contributed by atoms with Crippen LogP contribution in [0, 0.1) is 6.92 Å². The van der Waals surface area contributed by atoms with Crippen molar-refractivity contribution in [2.75, 3.05) is 5.73 Å². The smallest absolute Gasteiger partial charge is 0.293 e. The van der Waals surface area contributed by atoms with Crippen LogP contribution in [0.5, 0.6) is 0 Å². The first-order valence-corrected chi connectivity index (χ1v) is 5.48. The molecule has 90 valence electrons. The highest BCUT2D eigenvalue weighted by atomic mass is 16.5. The Morgan fingerprint density at radius 1 is 1.22 bits per heavy atom. The molecule has 18 heavy (non-hydrogen) atoms. The summed E-state index contributed by atoms with van der Waals surface area (Å²) < 4.78 is 10.3. The third-order valence-electron chi connectivity index (χ3n) is 2.70. The summed E-state index contributed by atoms with van der Waals surface area (Å²) >= 11 is 0. The van der Waals surface area contributed by atoms with E-state index in [2.05, 4.69) is 10.1 Å². The normalized spacial score (nSPS) is 10.7. The van der Waals surface area contributed by atoms with E-state index >= 15 is 0 Å². The van der Waals surface area contributed by atoms with Gasteiger partial charge in [-0.3, -0.25) is 0 Å². The van der Waals surface area contributed by atoms with Crippen LogP contribution in [0.15, 0.2) is 45.5 Å². The number of nitrogen functional groups attached to an aromatic ring is 1. The number of nitrogens with zero attached hydrogens (tertiary/aromatic N) is 2. The van der Waals surface area contributed by atoms with E-state index in [4.69, 9.17) is 14.7 Å². The van der Waals surface area contributed by atoms with Gasteiger partial charge in [-0.05, 0) is 30.7 Å². The summed E-state index contributed by atoms with van der Waals surface area (Å²) in [6.45, 7) is 1.95. The Kier molecular flexibility index (Phi) is 2.37. The molecule has 0 radical (unpaired) electrons. The molecule has 0 aliphatic carbocycles. The maximum atomic E-state index is 5.85. The van der Waals surface area contributed by atoms with Crippen LogP contribution in [0.4, 0.5) is 5.69 Å². The Morgan fingerprint density at radius 2 is 2.11 bits per heavy atom. The fraction of sp³-hybridized carbons (Fsp3) is 0.0769. The lowest BCUT2D eigenvalue weighted by atomic mass is 10.1. The van der Waals surface area contributed by atoms with Crippen molar-refractivity contribution in [3.05, 3.63) is 42.2 Å². The molecule has 2 aromatic heterocycles. The highest BCUT2D eigenvalue weighted by molar-refractivity contribution is 5.64. The standard InChI is InChI=1S/C13H11N3O2/c1-8-4-5-9(7-10(8)14)12-15-13(18-16-12)11-3-2-6-17-11/h2-7H,14H2,1H3. The zero-order valence-corrected chi connectivity index (χ0v) is 9.75. The summed E-state index contributed by atoms with van der Waals surface area (Å²) in [6.07, 6.45) is 1.56. The van der Waals surface area contributed by atoms with Gasteiger partial charge in [0.2, 0.25) is 5.82 Å². The molecule has 0 aliphatic heterocycles. The van der Waals surface area contributed by atoms with Crippen molar-refractivity contribution in [3.63, 3.8) is 0 Å². The molecule has 0 fully saturated rings. The van der Waals surface area contributed by atoms with E-state index in [-0.39, 0.29) is 0 Å². The predicted molar refractivity (Wildman–Crippen MR) is 66.6 cm³/mol. The number of rotatable bonds is 2. The molecule has 5 nitrogen and oxygen atoms in total. The Balaban J connectivity index is 2.00. The summed E-state index contributed by atoms with van der Waals surface area (Å²) in [5.74, 6) is 1.40. The third-order valence-corrected chi connectivity index (χ3v) is 2.70. The Hall–Kier alpha value is -2.56. The SMILES string of the molecule is Cc1ccc(-c2noc(-c3ccco3)n2)cc1N. The van der Waals surface area contributed by atoms with Gasteiger partial charge in [0.05, 0.1) is 6.26 Å². The second-order valence-electron chi connectivity index (χ2n) is 3.97. The van der Waals surface area contributed by atoms with Crippen molar-refractivity contribution in [1.29, 1.82) is 0 Å². The molecule has 5 heteroatoms. The number of benzene rings is 1. The predicted octanol–water partition coefficient (Wildman–Crippen LogP) is 2.89. The summed E-state index contributed by atoms with van der Waals surface area (Å²) in [5.41, 5.74) is 8.40. The molecule has 1 aromatic carbocycles. The molecule has 2 N–H and O–H groups in total. The average Bonchev–Trinajstić information content (AvgIpc) is 3.01. The monoisotopic (exact) mass is 241 g/mol. The van der Waals surface area contributed by atoms with Crippen molar-refractivity contribution >= 4 is 5.69 Å². The zero-order chi connectivity index (χ0) is 12.5. The minimum atomic E-state index is 0.356. The van der Waals surface area contributed by atoms with Crippen LogP contribution in [-0.4, -0.2) is 10.1 Å². The van der Waals surface area contributed by atoms with Crippen molar-refractivity contribution in [3.8, 4) is 23.0 Å². The number of hydrogen-bond acceptors (Lipinski definition) is 5. The lowest BCUT2D eigenvalue weighted by molar-refractivity contribution is 0.417. The highest BCUT2D eigenvalue weighted by Gasteiger charge is 2.12. The number of aromatic nitrogens is 2. The van der Waals surface area contributed by atoms with Crippen LogP contribution in [0.2, 0.25) is 0 Å². The highest BCUT2D eigenvalue weighted by Crippen LogP contribution is 2.24. The molecule has 0 spiro atoms. The molecular formula is C13H11N3O2. The second kappa shape index (κ2) is 4.03. The quantitative estimate of drug-likeness (QED) is 0.698. The van der Waals surface area contributed by atoms with Gasteiger partial charge in [-0.1, -0.05) is 17.3 Å². The van der Waals surface area contributed by atoms with Gasteiger partial charge in [0.15, 0.2) is 5.76 Å². The van der Waals surface area contributed by atoms with Crippen molar-refractivity contribution < 1.29 is 8.94 Å². The number of hydrogen-bond donors (Lipinski definition) is 1. The number of anilines is 1. The van der Waals surface area contributed by atoms with E-state index in [0.717, 1.165) is 11.1 Å². The summed E-state index contributed by atoms with van der Waals surface area (Å²) in [6, 6.07) is 9.19. The van der Waals surface area contributed by atoms with E-state index in [9.17, 15) is 0 Å². The lowest BCUT2D eigenvalue weighted by Crippen LogP contribution is -1.90. The summed E-state index contributed by atoms with van der Waals surface area (Å²) in [5, 5.41) is 3.91. The van der Waals surface area contributed by atoms with E-state index in [1.165, 1.54) is 0 Å². The van der Waals surface area contributed by atoms with Gasteiger partial charge >= 0.3 is 0 Å². The maximum absolute atomic E-state index is 5.85. The van der Waals surface area contributed by atoms with Gasteiger partial charge in [-0.2, -0.15) is 4.98 Å². The second-order valence-corrected chi connectivity index (χ2v) is 3.97. The lowest BCUT2D eigenvalue weighted by Gasteiger charge is -2.00. The summed E-state index contributed by atoms with van der Waals surface area (Å²) in [7, 11) is 0. The van der Waals surface area contributed by atoms with Crippen molar-refractivity contribution in [2.24, 2.45) is 0 Å². The summed E-state index contributed by atoms with van der Waals surface area (Å²) in [4.78, 5) is 4.27. The molecule has 0 amide bonds. The van der Waals surface area contributed by atoms with Gasteiger partial charge in [0.25, 0.3) is 5.89 Å². The van der Waals surface area contributed by atoms with Gasteiger partial charge in [-0.25, -0.2) is 0 Å². The molecule has 0 unspecified atom stereocenters. The number of aryl methyl sites for hydroxylation is 1. The van der Waals surface area contributed by atoms with Gasteiger partial charge in [-0.15, -0.1) is 0 Å². The van der Waals surface area contributed by atoms with Crippen LogP contribution in [0.25, 0.3) is 23.0 Å². The first kappa shape index (κ1) is 10.6. The van der Waals surface area contributed by atoms with E-state index < -0.39 is 0 Å². The first-order chi connectivity index (χ1) is 8.74. The van der Waals surface area contributed by atoms with Gasteiger partial charge in [0, 0.05) is 11.3 Å². The molecule has 0 saturated heterocycles. The van der Waals surface area contributed by atoms with E-state index in [1.807, 2.05) is 25.1 Å². The Morgan fingerprint density at radius 3 is 2.83 bits per heavy atom. The minimum Gasteiger partial charge on any atom is -0.459 e. The van der Waals surface area contributed by atoms with Crippen LogP contribution < -0.4 is 5.73 Å². The largest absolute Gasteiger partial charge is 0.459 e. The molecule has 0 aliphatic rings. The first-order valence-electron chi connectivity index (χ1n) is 5.48. The van der Waals surface area contributed by atoms with E-state index in [1.54, 1.807) is 18.4 Å². The fourth-order valence-electron chi connectivity index (χ4n) is 1.62. The topological polar surface area (TPSA) is 78.1 Å². The molecule has 3 rings (SSSR count). The average molecular weight is 241 g/mol. The molecule has 0 atom stereocenters. The molecule has 0 saturated carbocycles. The van der Waals surface area contributed by atoms with Crippen molar-refractivity contribution in [2.45, 2.75) is 6.92 Å². The van der Waals surface area contributed by atoms with Crippen LogP contribution in [0.1, 0.15) is 5.56 Å². The molecule has 3 aromatic rings. The van der Waals surface area contributed by atoms with Crippen molar-refractivity contribution in [1.82, 2.24) is 10.1 Å². The minimum absolute atomic E-state index is 0.356. The van der Waals surface area contributed by atoms with Crippen LogP contribution in [0.3, 0.4) is 0 Å². The molecule has 0 bridgehead atoms. The number of nitrogens with two attached hydrogens (primary N) is 1. The molecular weight excluding hydrogens is 230 g/mol. The van der Waals surface area contributed by atoms with Gasteiger partial charge < -0.3 is 14.7 Å². The van der Waals surface area contributed by atoms with Gasteiger partial charge in [0.1, 0.15) is 0 Å². The van der Waals surface area contributed by atoms with Crippen LogP contribution in [-0.2, 0) is 0 Å². The van der Waals surface area contributed by atoms with E-state index in [0.29, 0.717) is 23.2 Å².